The number of pyridine rings is 3. The van der Waals surface area contributed by atoms with Crippen LogP contribution in [0.3, 0.4) is 0 Å². The van der Waals surface area contributed by atoms with Gasteiger partial charge in [0.05, 0.1) is 5.58 Å². The monoisotopic (exact) mass is 954 g/mol. The molecular weight excluding hydrogens is 887 g/mol. The summed E-state index contributed by atoms with van der Waals surface area (Å²) in [6.45, 7) is -6.46. The molecule has 8 aromatic rings. The van der Waals surface area contributed by atoms with Crippen molar-refractivity contribution in [3.8, 4) is 44.8 Å². The second kappa shape index (κ2) is 16.9. The van der Waals surface area contributed by atoms with Crippen molar-refractivity contribution in [3.63, 3.8) is 0 Å². The number of rotatable bonds is 5. The molecule has 1 aliphatic rings. The minimum Gasteiger partial charge on any atom is -0.486 e. The minimum absolute atomic E-state index is 0. The van der Waals surface area contributed by atoms with E-state index in [4.69, 9.17) is 26.3 Å². The molecule has 0 unspecified atom stereocenters. The SMILES string of the molecule is [2H]C([2H])([2H])c1c[c-]c(-c2ccc(C(C)(C)C)cn2)cc1.[2H]C([2H])([2H])c1ccc2c(n1)oc1c(-c3cc(-c4cc(C([2H])([2H])[2H])c(-c5ccc(C6([2H])CCCC6)cc5)cc4C([2H])([2H])[2H])c(C([2H])([2H])[2H])cn3)[c-]ccc12.[Ir]. The van der Waals surface area contributed by atoms with Crippen LogP contribution >= 0.6 is 0 Å². The summed E-state index contributed by atoms with van der Waals surface area (Å²) in [6, 6.07) is 32.1. The van der Waals surface area contributed by atoms with Gasteiger partial charge in [-0.15, -0.1) is 53.6 Å². The van der Waals surface area contributed by atoms with Gasteiger partial charge in [0, 0.05) is 65.5 Å². The van der Waals surface area contributed by atoms with Crippen LogP contribution in [0.5, 0.6) is 0 Å². The fraction of sp³-hybridized carbons (Fsp3) is 0.264. The Labute approximate surface area is 380 Å². The van der Waals surface area contributed by atoms with Crippen molar-refractivity contribution >= 4 is 22.1 Å². The Kier molecular flexibility index (Phi) is 7.39. The van der Waals surface area contributed by atoms with Crippen LogP contribution in [0.2, 0.25) is 0 Å². The quantitative estimate of drug-likeness (QED) is 0.161. The summed E-state index contributed by atoms with van der Waals surface area (Å²) >= 11 is 0. The van der Waals surface area contributed by atoms with E-state index >= 15 is 0 Å². The van der Waals surface area contributed by atoms with E-state index in [9.17, 15) is 0 Å². The zero-order valence-corrected chi connectivity index (χ0v) is 34.7. The summed E-state index contributed by atoms with van der Waals surface area (Å²) in [5, 5.41) is 1.09. The molecule has 4 aromatic heterocycles. The number of benzene rings is 4. The molecule has 0 bridgehead atoms. The summed E-state index contributed by atoms with van der Waals surface area (Å²) in [5.74, 6) is -0.731. The molecule has 4 aromatic carbocycles. The van der Waals surface area contributed by atoms with E-state index in [0.717, 1.165) is 48.7 Å². The summed E-state index contributed by atoms with van der Waals surface area (Å²) in [4.78, 5) is 13.1. The molecule has 0 saturated heterocycles. The summed E-state index contributed by atoms with van der Waals surface area (Å²) in [7, 11) is 0. The molecule has 4 nitrogen and oxygen atoms in total. The van der Waals surface area contributed by atoms with Gasteiger partial charge in [-0.05, 0) is 125 Å². The van der Waals surface area contributed by atoms with Gasteiger partial charge in [-0.2, -0.15) is 0 Å². The van der Waals surface area contributed by atoms with Gasteiger partial charge in [0.15, 0.2) is 0 Å². The zero-order valence-electron chi connectivity index (χ0n) is 48.3. The first kappa shape index (κ1) is 25.3. The molecule has 58 heavy (non-hydrogen) atoms. The van der Waals surface area contributed by atoms with Crippen molar-refractivity contribution < 1.29 is 46.5 Å². The fourth-order valence-corrected chi connectivity index (χ4v) is 7.25. The Balaban J connectivity index is 0.000000320. The molecule has 5 heteroatoms. The first-order valence-electron chi connectivity index (χ1n) is 26.9. The second-order valence-corrected chi connectivity index (χ2v) is 15.4. The number of aromatic nitrogens is 3. The van der Waals surface area contributed by atoms with E-state index in [2.05, 4.69) is 47.9 Å². The molecule has 0 amide bonds. The van der Waals surface area contributed by atoms with Crippen LogP contribution in [0, 0.1) is 46.4 Å². The first-order chi connectivity index (χ1) is 33.8. The molecule has 0 atom stereocenters. The Morgan fingerprint density at radius 2 is 1.47 bits per heavy atom. The van der Waals surface area contributed by atoms with Gasteiger partial charge in [-0.25, -0.2) is 4.98 Å². The number of hydrogen-bond acceptors (Lipinski definition) is 4. The summed E-state index contributed by atoms with van der Waals surface area (Å²) in [6.07, 6.45) is 6.31. The molecule has 1 saturated carbocycles. The Morgan fingerprint density at radius 3 is 2.16 bits per heavy atom. The van der Waals surface area contributed by atoms with Crippen LogP contribution in [0.15, 0.2) is 114 Å². The molecule has 0 aliphatic heterocycles. The van der Waals surface area contributed by atoms with Crippen molar-refractivity contribution in [1.29, 1.82) is 0 Å². The molecule has 1 aliphatic carbocycles. The molecule has 0 N–H and O–H groups in total. The molecule has 4 heterocycles. The first-order valence-corrected chi connectivity index (χ1v) is 18.9. The molecule has 295 valence electrons. The zero-order chi connectivity index (χ0) is 53.3. The molecular formula is C53H51IrN3O-2. The van der Waals surface area contributed by atoms with Crippen molar-refractivity contribution in [2.45, 2.75) is 92.0 Å². The predicted octanol–water partition coefficient (Wildman–Crippen LogP) is 14.2. The third-order valence-electron chi connectivity index (χ3n) is 10.4. The maximum absolute atomic E-state index is 8.88. The van der Waals surface area contributed by atoms with Crippen LogP contribution < -0.4 is 0 Å². The van der Waals surface area contributed by atoms with E-state index in [1.165, 1.54) is 35.9 Å². The van der Waals surface area contributed by atoms with Crippen LogP contribution in [0.4, 0.5) is 0 Å². The molecule has 9 rings (SSSR count). The van der Waals surface area contributed by atoms with Crippen LogP contribution in [0.1, 0.15) is 113 Å². The van der Waals surface area contributed by atoms with E-state index in [0.29, 0.717) is 21.9 Å². The fourth-order valence-electron chi connectivity index (χ4n) is 7.25. The van der Waals surface area contributed by atoms with E-state index in [1.54, 1.807) is 54.6 Å². The van der Waals surface area contributed by atoms with Gasteiger partial charge in [0.2, 0.25) is 5.71 Å². The largest absolute Gasteiger partial charge is 0.486 e. The molecule has 1 radical (unpaired) electrons. The van der Waals surface area contributed by atoms with Crippen molar-refractivity contribution in [2.75, 3.05) is 0 Å². The summed E-state index contributed by atoms with van der Waals surface area (Å²) in [5.41, 5.74) is 4.22. The Hall–Kier alpha value is -5.22. The number of fused-ring (bicyclic) bond motifs is 3. The van der Waals surface area contributed by atoms with Gasteiger partial charge >= 0.3 is 0 Å². The van der Waals surface area contributed by atoms with Crippen LogP contribution in [-0.4, -0.2) is 15.0 Å². The Morgan fingerprint density at radius 1 is 0.707 bits per heavy atom. The second-order valence-electron chi connectivity index (χ2n) is 15.4. The maximum atomic E-state index is 8.88. The number of aryl methyl sites for hydroxylation is 5. The minimum atomic E-state index is -2.81. The molecule has 0 spiro atoms. The topological polar surface area (TPSA) is 51.8 Å². The average molecular weight is 954 g/mol. The third kappa shape index (κ3) is 8.48. The van der Waals surface area contributed by atoms with Gasteiger partial charge in [-0.1, -0.05) is 106 Å². The predicted molar refractivity (Wildman–Crippen MR) is 237 cm³/mol. The normalized spacial score (nSPS) is 18.7. The van der Waals surface area contributed by atoms with Crippen molar-refractivity contribution in [2.24, 2.45) is 0 Å². The van der Waals surface area contributed by atoms with Gasteiger partial charge < -0.3 is 14.4 Å². The maximum Gasteiger partial charge on any atom is 0.216 e. The van der Waals surface area contributed by atoms with E-state index < -0.39 is 40.2 Å². The van der Waals surface area contributed by atoms with E-state index in [-0.39, 0.29) is 87.1 Å². The standard InChI is InChI=1S/C37H33N2O.C16H18N.Ir/c1-22-19-33(23(2)18-32(22)28-15-13-27(14-16-28)26-8-5-6-9-26)34-20-35(38-21-24(34)3)31-11-7-10-29-30-17-12-25(4)39-37(30)40-36(29)31;1-12-5-7-13(8-6-12)15-10-9-14(11-17-15)16(2,3)4;/h7,10,12-21,26H,5-6,8-9H2,1-4H3;5-7,9-11H,1-4H3;/q2*-1;/i1D3,2D3,3D3,4D3,26D;1D3;. The number of nitrogens with zero attached hydrogens (tertiary/aromatic N) is 3. The van der Waals surface area contributed by atoms with E-state index in [1.807, 2.05) is 18.3 Å². The van der Waals surface area contributed by atoms with Crippen LogP contribution in [0.25, 0.3) is 66.8 Å². The van der Waals surface area contributed by atoms with Crippen LogP contribution in [-0.2, 0) is 25.5 Å². The average Bonchev–Trinajstić information content (AvgIpc) is 3.93. The molecule has 1 fully saturated rings. The van der Waals surface area contributed by atoms with Crippen molar-refractivity contribution in [3.05, 3.63) is 161 Å². The number of furan rings is 1. The third-order valence-corrected chi connectivity index (χ3v) is 10.4. The van der Waals surface area contributed by atoms with Gasteiger partial charge in [0.1, 0.15) is 0 Å². The summed E-state index contributed by atoms with van der Waals surface area (Å²) < 4.78 is 136. The van der Waals surface area contributed by atoms with Crippen molar-refractivity contribution in [1.82, 2.24) is 15.0 Å². The Bertz CT molecular complexity index is 3250. The van der Waals surface area contributed by atoms with Gasteiger partial charge in [-0.3, -0.25) is 0 Å². The number of hydrogen-bond donors (Lipinski definition) is 0. The smallest absolute Gasteiger partial charge is 0.216 e. The van der Waals surface area contributed by atoms with Gasteiger partial charge in [0.25, 0.3) is 0 Å².